The number of carbonyl (C=O) groups excluding carboxylic acids is 1. The lowest BCUT2D eigenvalue weighted by molar-refractivity contribution is 0.0736. The van der Waals surface area contributed by atoms with E-state index >= 15 is 0 Å². The fraction of sp³-hybridized carbons (Fsp3) is 0.214. The third-order valence-electron chi connectivity index (χ3n) is 6.42. The zero-order valence-corrected chi connectivity index (χ0v) is 18.3. The molecule has 0 fully saturated rings. The van der Waals surface area contributed by atoms with Crippen LogP contribution in [-0.4, -0.2) is 22.3 Å². The summed E-state index contributed by atoms with van der Waals surface area (Å²) in [5.74, 6) is 0.0811. The van der Waals surface area contributed by atoms with Gasteiger partial charge < -0.3 is 4.90 Å². The van der Waals surface area contributed by atoms with E-state index in [-0.39, 0.29) is 5.91 Å². The molecule has 5 rings (SSSR count). The predicted octanol–water partition coefficient (Wildman–Crippen LogP) is 6.03. The first-order valence-corrected chi connectivity index (χ1v) is 10.8. The Labute approximate surface area is 183 Å². The monoisotopic (exact) mass is 406 g/mol. The van der Waals surface area contributed by atoms with Crippen LogP contribution in [0.15, 0.2) is 66.7 Å². The number of aromatic nitrogens is 1. The van der Waals surface area contributed by atoms with Crippen LogP contribution < -0.4 is 0 Å². The summed E-state index contributed by atoms with van der Waals surface area (Å²) in [6.45, 7) is 7.68. The van der Waals surface area contributed by atoms with Crippen molar-refractivity contribution in [1.29, 1.82) is 0 Å². The molecule has 1 aromatic heterocycles. The third-order valence-corrected chi connectivity index (χ3v) is 6.42. The maximum absolute atomic E-state index is 13.7. The van der Waals surface area contributed by atoms with Gasteiger partial charge >= 0.3 is 0 Å². The summed E-state index contributed by atoms with van der Waals surface area (Å²) >= 11 is 0. The summed E-state index contributed by atoms with van der Waals surface area (Å²) in [7, 11) is 0. The van der Waals surface area contributed by atoms with Gasteiger partial charge in [-0.25, -0.2) is 4.98 Å². The maximum atomic E-state index is 13.7. The van der Waals surface area contributed by atoms with Gasteiger partial charge in [-0.2, -0.15) is 0 Å². The Kier molecular flexibility index (Phi) is 4.82. The summed E-state index contributed by atoms with van der Waals surface area (Å²) in [6, 6.07) is 22.9. The lowest BCUT2D eigenvalue weighted by Crippen LogP contribution is -2.36. The Bertz CT molecular complexity index is 1320. The largest absolute Gasteiger partial charge is 0.334 e. The van der Waals surface area contributed by atoms with E-state index in [4.69, 9.17) is 4.98 Å². The van der Waals surface area contributed by atoms with Crippen LogP contribution in [-0.2, 0) is 13.0 Å². The van der Waals surface area contributed by atoms with Gasteiger partial charge in [0.25, 0.3) is 5.91 Å². The number of rotatable bonds is 2. The van der Waals surface area contributed by atoms with E-state index in [0.29, 0.717) is 6.54 Å². The summed E-state index contributed by atoms with van der Waals surface area (Å²) in [5, 5.41) is 0.927. The van der Waals surface area contributed by atoms with E-state index in [1.165, 1.54) is 22.3 Å². The van der Waals surface area contributed by atoms with Crippen molar-refractivity contribution >= 4 is 16.8 Å². The fourth-order valence-electron chi connectivity index (χ4n) is 4.40. The molecule has 3 nitrogen and oxygen atoms in total. The number of benzene rings is 3. The summed E-state index contributed by atoms with van der Waals surface area (Å²) in [4.78, 5) is 20.6. The zero-order chi connectivity index (χ0) is 21.5. The predicted molar refractivity (Wildman–Crippen MR) is 126 cm³/mol. The smallest absolute Gasteiger partial charge is 0.254 e. The van der Waals surface area contributed by atoms with Crippen molar-refractivity contribution in [2.45, 2.75) is 33.7 Å². The molecule has 2 heterocycles. The van der Waals surface area contributed by atoms with Crippen molar-refractivity contribution in [2.24, 2.45) is 0 Å². The van der Waals surface area contributed by atoms with E-state index in [2.05, 4.69) is 75.4 Å². The van der Waals surface area contributed by atoms with Crippen molar-refractivity contribution in [3.05, 3.63) is 100 Å². The first-order valence-electron chi connectivity index (χ1n) is 10.8. The molecule has 0 unspecified atom stereocenters. The Morgan fingerprint density at radius 3 is 2.48 bits per heavy atom. The number of hydrogen-bond acceptors (Lipinski definition) is 2. The second-order valence-corrected chi connectivity index (χ2v) is 8.62. The highest BCUT2D eigenvalue weighted by molar-refractivity contribution is 6.07. The molecule has 0 bridgehead atoms. The molecule has 1 aliphatic heterocycles. The fourth-order valence-corrected chi connectivity index (χ4v) is 4.40. The number of amides is 1. The molecule has 31 heavy (non-hydrogen) atoms. The average Bonchev–Trinajstić information content (AvgIpc) is 2.79. The molecule has 0 saturated heterocycles. The molecule has 3 aromatic carbocycles. The summed E-state index contributed by atoms with van der Waals surface area (Å²) < 4.78 is 0. The first-order chi connectivity index (χ1) is 15.0. The highest BCUT2D eigenvalue weighted by atomic mass is 16.2. The minimum atomic E-state index is 0.0811. The molecule has 4 aromatic rings. The normalized spacial score (nSPS) is 13.3. The lowest BCUT2D eigenvalue weighted by atomic mass is 9.97. The third kappa shape index (κ3) is 3.61. The van der Waals surface area contributed by atoms with Crippen molar-refractivity contribution in [1.82, 2.24) is 9.88 Å². The topological polar surface area (TPSA) is 33.2 Å². The van der Waals surface area contributed by atoms with E-state index in [9.17, 15) is 4.79 Å². The summed E-state index contributed by atoms with van der Waals surface area (Å²) in [5.41, 5.74) is 9.69. The first kappa shape index (κ1) is 19.5. The second kappa shape index (κ2) is 7.66. The average molecular weight is 407 g/mol. The van der Waals surface area contributed by atoms with Crippen molar-refractivity contribution in [2.75, 3.05) is 6.54 Å². The lowest BCUT2D eigenvalue weighted by Gasteiger charge is -2.29. The highest BCUT2D eigenvalue weighted by Crippen LogP contribution is 2.29. The zero-order valence-electron chi connectivity index (χ0n) is 18.3. The number of aryl methyl sites for hydroxylation is 3. The minimum Gasteiger partial charge on any atom is -0.334 e. The van der Waals surface area contributed by atoms with Crippen LogP contribution in [0.4, 0.5) is 0 Å². The van der Waals surface area contributed by atoms with E-state index < -0.39 is 0 Å². The van der Waals surface area contributed by atoms with Crippen LogP contribution in [0.5, 0.6) is 0 Å². The van der Waals surface area contributed by atoms with E-state index in [1.807, 2.05) is 17.0 Å². The van der Waals surface area contributed by atoms with Gasteiger partial charge in [0.1, 0.15) is 0 Å². The molecule has 3 heteroatoms. The van der Waals surface area contributed by atoms with Gasteiger partial charge in [-0.1, -0.05) is 48.0 Å². The number of nitrogens with zero attached hydrogens (tertiary/aromatic N) is 2. The van der Waals surface area contributed by atoms with Gasteiger partial charge in [-0.05, 0) is 73.7 Å². The highest BCUT2D eigenvalue weighted by Gasteiger charge is 2.24. The van der Waals surface area contributed by atoms with Gasteiger partial charge in [0.2, 0.25) is 0 Å². The Balaban J connectivity index is 1.62. The minimum absolute atomic E-state index is 0.0811. The van der Waals surface area contributed by atoms with Crippen molar-refractivity contribution in [3.63, 3.8) is 0 Å². The number of pyridine rings is 1. The number of carbonyl (C=O) groups is 1. The van der Waals surface area contributed by atoms with Crippen molar-refractivity contribution in [3.8, 4) is 11.3 Å². The number of fused-ring (bicyclic) bond motifs is 2. The van der Waals surface area contributed by atoms with Gasteiger partial charge in [0, 0.05) is 24.0 Å². The molecule has 0 radical (unpaired) electrons. The van der Waals surface area contributed by atoms with Crippen LogP contribution >= 0.6 is 0 Å². The molecule has 0 saturated carbocycles. The molecule has 0 atom stereocenters. The quantitative estimate of drug-likeness (QED) is 0.407. The van der Waals surface area contributed by atoms with Crippen LogP contribution in [0.1, 0.15) is 38.2 Å². The SMILES string of the molecule is Cc1ccc2nc(-c3ccc(C)c(C)c3)cc(C(=O)N3CCc4ccccc4C3)c2c1. The van der Waals surface area contributed by atoms with E-state index in [1.54, 1.807) is 0 Å². The molecule has 154 valence electrons. The van der Waals surface area contributed by atoms with Crippen molar-refractivity contribution < 1.29 is 4.79 Å². The number of hydrogen-bond donors (Lipinski definition) is 0. The van der Waals surface area contributed by atoms with Crippen LogP contribution in [0.25, 0.3) is 22.2 Å². The van der Waals surface area contributed by atoms with Gasteiger partial charge in [0.05, 0.1) is 16.8 Å². The van der Waals surface area contributed by atoms with Crippen LogP contribution in [0, 0.1) is 20.8 Å². The van der Waals surface area contributed by atoms with E-state index in [0.717, 1.165) is 46.3 Å². The molecule has 0 aliphatic carbocycles. The Hall–Kier alpha value is -3.46. The molecule has 1 aliphatic rings. The van der Waals surface area contributed by atoms with Crippen LogP contribution in [0.3, 0.4) is 0 Å². The summed E-state index contributed by atoms with van der Waals surface area (Å²) in [6.07, 6.45) is 0.897. The Morgan fingerprint density at radius 1 is 0.871 bits per heavy atom. The molecular weight excluding hydrogens is 380 g/mol. The molecule has 1 amide bonds. The molecule has 0 N–H and O–H groups in total. The standard InChI is InChI=1S/C28H26N2O/c1-18-8-11-26-24(14-18)25(16-27(29-26)22-10-9-19(2)20(3)15-22)28(31)30-13-12-21-6-4-5-7-23(21)17-30/h4-11,14-16H,12-13,17H2,1-3H3. The Morgan fingerprint density at radius 2 is 1.68 bits per heavy atom. The molecule has 0 spiro atoms. The second-order valence-electron chi connectivity index (χ2n) is 8.62. The molecular formula is C28H26N2O. The van der Waals surface area contributed by atoms with Gasteiger partial charge in [-0.3, -0.25) is 4.79 Å². The van der Waals surface area contributed by atoms with Gasteiger partial charge in [-0.15, -0.1) is 0 Å². The maximum Gasteiger partial charge on any atom is 0.254 e. The van der Waals surface area contributed by atoms with Gasteiger partial charge in [0.15, 0.2) is 0 Å². The van der Waals surface area contributed by atoms with Crippen LogP contribution in [0.2, 0.25) is 0 Å².